The Morgan fingerprint density at radius 2 is 1.84 bits per heavy atom. The predicted molar refractivity (Wildman–Crippen MR) is 91.0 cm³/mol. The van der Waals surface area contributed by atoms with E-state index >= 15 is 0 Å². The summed E-state index contributed by atoms with van der Waals surface area (Å²) in [5.74, 6) is 2.18. The molecule has 1 unspecified atom stereocenters. The lowest BCUT2D eigenvalue weighted by atomic mass is 9.82. The van der Waals surface area contributed by atoms with Crippen molar-refractivity contribution in [1.82, 2.24) is 0 Å². The van der Waals surface area contributed by atoms with E-state index in [2.05, 4.69) is 45.5 Å². The average molecular weight is 283 g/mol. The summed E-state index contributed by atoms with van der Waals surface area (Å²) >= 11 is 2.27. The minimum Gasteiger partial charge on any atom is -0.155 e. The Hall–Kier alpha value is 0.0900. The highest BCUT2D eigenvalue weighted by atomic mass is 32.2. The molecule has 0 saturated heterocycles. The third-order valence-corrected chi connectivity index (χ3v) is 6.59. The molecule has 0 aromatic rings. The van der Waals surface area contributed by atoms with Crippen LogP contribution in [0.3, 0.4) is 0 Å². The first-order chi connectivity index (χ1) is 9.10. The molecule has 19 heavy (non-hydrogen) atoms. The van der Waals surface area contributed by atoms with Crippen LogP contribution in [-0.4, -0.2) is 10.5 Å². The molecule has 0 nitrogen and oxygen atoms in total. The number of rotatable bonds is 9. The highest BCUT2D eigenvalue weighted by molar-refractivity contribution is 8.00. The van der Waals surface area contributed by atoms with Crippen LogP contribution in [0.15, 0.2) is 11.6 Å². The van der Waals surface area contributed by atoms with Crippen molar-refractivity contribution < 1.29 is 0 Å². The van der Waals surface area contributed by atoms with Gasteiger partial charge in [-0.3, -0.25) is 0 Å². The highest BCUT2D eigenvalue weighted by Gasteiger charge is 2.34. The second-order valence-corrected chi connectivity index (χ2v) is 8.10. The van der Waals surface area contributed by atoms with Crippen LogP contribution in [0, 0.1) is 5.92 Å². The molecule has 0 fully saturated rings. The summed E-state index contributed by atoms with van der Waals surface area (Å²) in [7, 11) is 0. The van der Waals surface area contributed by atoms with Crippen molar-refractivity contribution in [2.24, 2.45) is 5.92 Å². The number of hydrogen-bond acceptors (Lipinski definition) is 1. The zero-order chi connectivity index (χ0) is 14.1. The van der Waals surface area contributed by atoms with Crippen LogP contribution >= 0.6 is 11.8 Å². The van der Waals surface area contributed by atoms with Gasteiger partial charge in [0.2, 0.25) is 0 Å². The van der Waals surface area contributed by atoms with E-state index in [9.17, 15) is 0 Å². The quantitative estimate of drug-likeness (QED) is 0.339. The summed E-state index contributed by atoms with van der Waals surface area (Å²) in [6, 6.07) is 0. The first-order valence-corrected chi connectivity index (χ1v) is 9.39. The van der Waals surface area contributed by atoms with Gasteiger partial charge in [0.25, 0.3) is 0 Å². The van der Waals surface area contributed by atoms with Gasteiger partial charge in [0.15, 0.2) is 0 Å². The van der Waals surface area contributed by atoms with Gasteiger partial charge in [0.1, 0.15) is 0 Å². The monoisotopic (exact) mass is 282 g/mol. The molecule has 112 valence electrons. The van der Waals surface area contributed by atoms with Gasteiger partial charge in [-0.2, -0.15) is 11.8 Å². The number of unbranched alkanes of at least 4 members (excludes halogenated alkanes) is 5. The number of thioether (sulfide) groups is 1. The van der Waals surface area contributed by atoms with Crippen LogP contribution in [0.2, 0.25) is 0 Å². The summed E-state index contributed by atoms with van der Waals surface area (Å²) in [5.41, 5.74) is 1.61. The molecule has 0 radical (unpaired) electrons. The maximum atomic E-state index is 2.50. The smallest absolute Gasteiger partial charge is 0.0220 e. The first-order valence-electron chi connectivity index (χ1n) is 8.40. The Morgan fingerprint density at radius 1 is 1.16 bits per heavy atom. The van der Waals surface area contributed by atoms with Gasteiger partial charge in [0.05, 0.1) is 0 Å². The molecule has 0 amide bonds. The molecule has 0 aromatic heterocycles. The molecule has 1 rings (SSSR count). The fourth-order valence-corrected chi connectivity index (χ4v) is 4.48. The Labute approximate surface area is 125 Å². The minimum atomic E-state index is 0.545. The van der Waals surface area contributed by atoms with Crippen LogP contribution in [0.25, 0.3) is 0 Å². The van der Waals surface area contributed by atoms with Crippen LogP contribution in [-0.2, 0) is 0 Å². The first kappa shape index (κ1) is 17.1. The lowest BCUT2D eigenvalue weighted by molar-refractivity contribution is 0.396. The topological polar surface area (TPSA) is 0 Å². The maximum Gasteiger partial charge on any atom is 0.0220 e. The molecule has 0 spiro atoms. The molecule has 0 aliphatic heterocycles. The van der Waals surface area contributed by atoms with E-state index < -0.39 is 0 Å². The highest BCUT2D eigenvalue weighted by Crippen LogP contribution is 2.44. The van der Waals surface area contributed by atoms with Gasteiger partial charge in [-0.25, -0.2) is 0 Å². The lowest BCUT2D eigenvalue weighted by Gasteiger charge is -2.39. The van der Waals surface area contributed by atoms with Crippen molar-refractivity contribution in [2.45, 2.75) is 90.2 Å². The van der Waals surface area contributed by atoms with Crippen molar-refractivity contribution >= 4 is 11.8 Å². The van der Waals surface area contributed by atoms with E-state index in [1.165, 1.54) is 63.5 Å². The summed E-state index contributed by atoms with van der Waals surface area (Å²) in [6.07, 6.45) is 15.1. The van der Waals surface area contributed by atoms with Crippen molar-refractivity contribution in [3.63, 3.8) is 0 Å². The third kappa shape index (κ3) is 5.94. The largest absolute Gasteiger partial charge is 0.155 e. The molecule has 0 bridgehead atoms. The van der Waals surface area contributed by atoms with Gasteiger partial charge < -0.3 is 0 Å². The van der Waals surface area contributed by atoms with E-state index in [-0.39, 0.29) is 0 Å². The van der Waals surface area contributed by atoms with E-state index in [1.807, 2.05) is 0 Å². The van der Waals surface area contributed by atoms with Crippen molar-refractivity contribution in [2.75, 3.05) is 5.75 Å². The Kier molecular flexibility index (Phi) is 8.21. The lowest BCUT2D eigenvalue weighted by Crippen LogP contribution is -2.33. The maximum absolute atomic E-state index is 2.50. The van der Waals surface area contributed by atoms with Gasteiger partial charge in [0, 0.05) is 4.75 Å². The van der Waals surface area contributed by atoms with Gasteiger partial charge in [-0.15, -0.1) is 0 Å². The molecule has 1 aliphatic carbocycles. The van der Waals surface area contributed by atoms with Crippen LogP contribution in [0.4, 0.5) is 0 Å². The zero-order valence-electron chi connectivity index (χ0n) is 13.6. The second kappa shape index (κ2) is 9.10. The number of allylic oxidation sites excluding steroid dienone is 2. The standard InChI is InChI=1S/C18H34S/c1-5-6-7-8-9-10-15-19-18(16(2)3)13-11-17(4)12-14-18/h11,16H,5-10,12-15H2,1-4H3. The fraction of sp³-hybridized carbons (Fsp3) is 0.889. The van der Waals surface area contributed by atoms with Crippen LogP contribution < -0.4 is 0 Å². The van der Waals surface area contributed by atoms with Crippen molar-refractivity contribution in [3.05, 3.63) is 11.6 Å². The van der Waals surface area contributed by atoms with Crippen LogP contribution in [0.1, 0.15) is 85.5 Å². The molecule has 0 saturated carbocycles. The third-order valence-electron chi connectivity index (χ3n) is 4.68. The average Bonchev–Trinajstić information content (AvgIpc) is 2.40. The summed E-state index contributed by atoms with van der Waals surface area (Å²) in [5, 5.41) is 0. The fourth-order valence-electron chi connectivity index (χ4n) is 2.94. The molecular weight excluding hydrogens is 248 g/mol. The van der Waals surface area contributed by atoms with Crippen molar-refractivity contribution in [1.29, 1.82) is 0 Å². The van der Waals surface area contributed by atoms with E-state index in [1.54, 1.807) is 5.57 Å². The van der Waals surface area contributed by atoms with Gasteiger partial charge in [-0.05, 0) is 44.3 Å². The number of hydrogen-bond donors (Lipinski definition) is 0. The molecule has 0 aromatic carbocycles. The molecule has 1 aliphatic rings. The Balaban J connectivity index is 2.24. The summed E-state index contributed by atoms with van der Waals surface area (Å²) in [4.78, 5) is 0. The zero-order valence-corrected chi connectivity index (χ0v) is 14.5. The minimum absolute atomic E-state index is 0.545. The van der Waals surface area contributed by atoms with E-state index in [0.29, 0.717) is 4.75 Å². The normalized spacial score (nSPS) is 23.7. The van der Waals surface area contributed by atoms with Crippen molar-refractivity contribution in [3.8, 4) is 0 Å². The Morgan fingerprint density at radius 3 is 2.42 bits per heavy atom. The molecule has 0 heterocycles. The van der Waals surface area contributed by atoms with E-state index in [0.717, 1.165) is 5.92 Å². The SMILES string of the molecule is CCCCCCCCSC1(C(C)C)CC=C(C)CC1. The molecule has 1 heteroatoms. The summed E-state index contributed by atoms with van der Waals surface area (Å²) in [6.45, 7) is 9.43. The molecule has 0 N–H and O–H groups in total. The summed E-state index contributed by atoms with van der Waals surface area (Å²) < 4.78 is 0.545. The Bertz CT molecular complexity index is 267. The van der Waals surface area contributed by atoms with Gasteiger partial charge in [-0.1, -0.05) is 64.5 Å². The van der Waals surface area contributed by atoms with Crippen LogP contribution in [0.5, 0.6) is 0 Å². The van der Waals surface area contributed by atoms with Gasteiger partial charge >= 0.3 is 0 Å². The molecule has 1 atom stereocenters. The second-order valence-electron chi connectivity index (χ2n) is 6.59. The predicted octanol–water partition coefficient (Wildman–Crippen LogP) is 6.61. The van der Waals surface area contributed by atoms with E-state index in [4.69, 9.17) is 0 Å². The molecular formula is C18H34S.